The molecule has 4 aromatic carbocycles. The van der Waals surface area contributed by atoms with Crippen molar-refractivity contribution in [1.82, 2.24) is 10.2 Å². The zero-order valence-corrected chi connectivity index (χ0v) is 29.3. The molecule has 0 heterocycles. The topological polar surface area (TPSA) is 96.0 Å². The summed E-state index contributed by atoms with van der Waals surface area (Å²) in [4.78, 5) is 29.8. The summed E-state index contributed by atoms with van der Waals surface area (Å²) >= 11 is 19.5. The van der Waals surface area contributed by atoms with Crippen molar-refractivity contribution in [3.8, 4) is 5.75 Å². The van der Waals surface area contributed by atoms with Gasteiger partial charge in [0.25, 0.3) is 10.0 Å². The monoisotopic (exact) mass is 715 g/mol. The van der Waals surface area contributed by atoms with Crippen molar-refractivity contribution in [3.05, 3.63) is 123 Å². The van der Waals surface area contributed by atoms with Crippen LogP contribution in [-0.2, 0) is 32.6 Å². The van der Waals surface area contributed by atoms with Crippen LogP contribution in [0.15, 0.2) is 95.9 Å². The number of anilines is 1. The Morgan fingerprint density at radius 2 is 1.55 bits per heavy atom. The predicted octanol–water partition coefficient (Wildman–Crippen LogP) is 7.33. The molecule has 8 nitrogen and oxygen atoms in total. The number of ether oxygens (including phenoxy) is 1. The van der Waals surface area contributed by atoms with Crippen LogP contribution in [0.3, 0.4) is 0 Å². The average molecular weight is 717 g/mol. The van der Waals surface area contributed by atoms with Gasteiger partial charge in [-0.15, -0.1) is 0 Å². The number of amides is 2. The van der Waals surface area contributed by atoms with Gasteiger partial charge in [-0.05, 0) is 61.4 Å². The maximum absolute atomic E-state index is 14.7. The highest BCUT2D eigenvalue weighted by Crippen LogP contribution is 2.35. The first kappa shape index (κ1) is 36.1. The second kappa shape index (κ2) is 16.4. The van der Waals surface area contributed by atoms with E-state index in [2.05, 4.69) is 5.32 Å². The molecule has 0 fully saturated rings. The molecule has 4 rings (SSSR count). The van der Waals surface area contributed by atoms with Crippen LogP contribution in [0.1, 0.15) is 30.0 Å². The largest absolute Gasteiger partial charge is 0.495 e. The Labute approximate surface area is 291 Å². The van der Waals surface area contributed by atoms with E-state index in [9.17, 15) is 18.0 Å². The molecule has 0 radical (unpaired) electrons. The lowest BCUT2D eigenvalue weighted by atomic mass is 10.0. The van der Waals surface area contributed by atoms with Crippen molar-refractivity contribution in [3.63, 3.8) is 0 Å². The summed E-state index contributed by atoms with van der Waals surface area (Å²) in [5, 5.41) is 3.73. The van der Waals surface area contributed by atoms with Gasteiger partial charge in [0.05, 0.1) is 17.7 Å². The number of hydrogen-bond donors (Lipinski definition) is 1. The molecular weight excluding hydrogens is 681 g/mol. The van der Waals surface area contributed by atoms with Crippen LogP contribution < -0.4 is 14.4 Å². The molecule has 0 aliphatic rings. The maximum atomic E-state index is 14.7. The Kier molecular flexibility index (Phi) is 12.6. The fourth-order valence-electron chi connectivity index (χ4n) is 4.98. The Morgan fingerprint density at radius 1 is 0.894 bits per heavy atom. The zero-order chi connectivity index (χ0) is 34.1. The second-order valence-electron chi connectivity index (χ2n) is 10.9. The lowest BCUT2D eigenvalue weighted by molar-refractivity contribution is -0.140. The van der Waals surface area contributed by atoms with Crippen molar-refractivity contribution < 1.29 is 22.7 Å². The summed E-state index contributed by atoms with van der Waals surface area (Å²) in [5.74, 6) is -0.896. The number of carbonyl (C=O) groups is 2. The molecule has 248 valence electrons. The molecular formula is C35H36Cl3N3O5S. The predicted molar refractivity (Wildman–Crippen MR) is 188 cm³/mol. The molecule has 12 heteroatoms. The molecule has 0 unspecified atom stereocenters. The van der Waals surface area contributed by atoms with Crippen molar-refractivity contribution in [2.45, 2.75) is 44.2 Å². The summed E-state index contributed by atoms with van der Waals surface area (Å²) in [7, 11) is -2.97. The van der Waals surface area contributed by atoms with Gasteiger partial charge in [-0.3, -0.25) is 13.9 Å². The Bertz CT molecular complexity index is 1790. The number of nitrogens with one attached hydrogen (secondary N) is 1. The van der Waals surface area contributed by atoms with E-state index >= 15 is 0 Å². The first-order chi connectivity index (χ1) is 22.5. The van der Waals surface area contributed by atoms with Gasteiger partial charge in [0, 0.05) is 40.1 Å². The van der Waals surface area contributed by atoms with E-state index < -0.39 is 34.4 Å². The number of benzene rings is 4. The van der Waals surface area contributed by atoms with E-state index in [1.165, 1.54) is 36.3 Å². The molecule has 1 N–H and O–H groups in total. The van der Waals surface area contributed by atoms with Crippen LogP contribution in [0.25, 0.3) is 0 Å². The number of methoxy groups -OCH3 is 1. The Morgan fingerprint density at radius 3 is 2.17 bits per heavy atom. The Balaban J connectivity index is 1.88. The van der Waals surface area contributed by atoms with Gasteiger partial charge in [-0.25, -0.2) is 8.42 Å². The van der Waals surface area contributed by atoms with Gasteiger partial charge in [-0.1, -0.05) is 95.8 Å². The molecule has 1 atom stereocenters. The van der Waals surface area contributed by atoms with Crippen LogP contribution >= 0.6 is 34.8 Å². The third-order valence-corrected chi connectivity index (χ3v) is 10.2. The van der Waals surface area contributed by atoms with Gasteiger partial charge >= 0.3 is 0 Å². The number of hydrogen-bond acceptors (Lipinski definition) is 5. The van der Waals surface area contributed by atoms with Gasteiger partial charge in [0.2, 0.25) is 11.8 Å². The standard InChI is InChI=1S/C35H36Cl3N3O5S/c1-4-19-39-35(43)32(20-25-9-6-5-7-10-25)40(22-28-29(37)11-8-12-30(28)38)34(42)23-41(31-21-26(36)15-18-33(31)46-3)47(44,45)27-16-13-24(2)14-17-27/h5-18,21,32H,4,19-20,22-23H2,1-3H3,(H,39,43)/t32-/m1/s1. The van der Waals surface area contributed by atoms with E-state index in [1.807, 2.05) is 44.2 Å². The van der Waals surface area contributed by atoms with Gasteiger partial charge in [0.1, 0.15) is 18.3 Å². The van der Waals surface area contributed by atoms with Crippen LogP contribution in [0.2, 0.25) is 15.1 Å². The minimum Gasteiger partial charge on any atom is -0.495 e. The quantitative estimate of drug-likeness (QED) is 0.148. The third kappa shape index (κ3) is 8.99. The molecule has 47 heavy (non-hydrogen) atoms. The normalized spacial score (nSPS) is 11.9. The van der Waals surface area contributed by atoms with Gasteiger partial charge in [-0.2, -0.15) is 0 Å². The summed E-state index contributed by atoms with van der Waals surface area (Å²) in [6.07, 6.45) is 0.820. The summed E-state index contributed by atoms with van der Waals surface area (Å²) in [6, 6.07) is 23.9. The summed E-state index contributed by atoms with van der Waals surface area (Å²) < 4.78 is 35.1. The van der Waals surface area contributed by atoms with Crippen LogP contribution in [0.5, 0.6) is 5.75 Å². The number of halogens is 3. The van der Waals surface area contributed by atoms with Gasteiger partial charge < -0.3 is 15.0 Å². The van der Waals surface area contributed by atoms with E-state index in [0.717, 1.165) is 15.4 Å². The third-order valence-electron chi connectivity index (χ3n) is 7.51. The van der Waals surface area contributed by atoms with E-state index in [4.69, 9.17) is 39.5 Å². The van der Waals surface area contributed by atoms with E-state index in [1.54, 1.807) is 36.4 Å². The fourth-order valence-corrected chi connectivity index (χ4v) is 7.08. The van der Waals surface area contributed by atoms with E-state index in [0.29, 0.717) is 28.6 Å². The molecule has 0 aromatic heterocycles. The number of rotatable bonds is 14. The minimum absolute atomic E-state index is 0.0415. The van der Waals surface area contributed by atoms with Crippen LogP contribution in [-0.4, -0.2) is 51.4 Å². The minimum atomic E-state index is -4.36. The molecule has 0 saturated heterocycles. The lowest BCUT2D eigenvalue weighted by Gasteiger charge is -2.34. The van der Waals surface area contributed by atoms with Gasteiger partial charge in [0.15, 0.2) is 0 Å². The van der Waals surface area contributed by atoms with Crippen molar-refractivity contribution in [2.24, 2.45) is 0 Å². The van der Waals surface area contributed by atoms with Crippen molar-refractivity contribution in [2.75, 3.05) is 24.5 Å². The van der Waals surface area contributed by atoms with E-state index in [-0.39, 0.29) is 34.3 Å². The fraction of sp³-hybridized carbons (Fsp3) is 0.257. The van der Waals surface area contributed by atoms with Crippen molar-refractivity contribution in [1.29, 1.82) is 0 Å². The molecule has 0 saturated carbocycles. The molecule has 2 amide bonds. The highest BCUT2D eigenvalue weighted by molar-refractivity contribution is 7.92. The summed E-state index contributed by atoms with van der Waals surface area (Å²) in [5.41, 5.74) is 2.13. The van der Waals surface area contributed by atoms with Crippen molar-refractivity contribution >= 4 is 62.3 Å². The smallest absolute Gasteiger partial charge is 0.264 e. The number of aryl methyl sites for hydroxylation is 1. The molecule has 0 spiro atoms. The number of nitrogens with zero attached hydrogens (tertiary/aromatic N) is 2. The number of sulfonamides is 1. The number of carbonyl (C=O) groups excluding carboxylic acids is 2. The Hall–Kier alpha value is -3.76. The highest BCUT2D eigenvalue weighted by atomic mass is 35.5. The zero-order valence-electron chi connectivity index (χ0n) is 26.3. The lowest BCUT2D eigenvalue weighted by Crippen LogP contribution is -2.53. The average Bonchev–Trinajstić information content (AvgIpc) is 3.05. The molecule has 0 aliphatic carbocycles. The van der Waals surface area contributed by atoms with Crippen LogP contribution in [0.4, 0.5) is 5.69 Å². The SMILES string of the molecule is CCCNC(=O)[C@@H](Cc1ccccc1)N(Cc1c(Cl)cccc1Cl)C(=O)CN(c1cc(Cl)ccc1OC)S(=O)(=O)c1ccc(C)cc1. The highest BCUT2D eigenvalue weighted by Gasteiger charge is 2.36. The molecule has 0 aliphatic heterocycles. The first-order valence-electron chi connectivity index (χ1n) is 14.9. The summed E-state index contributed by atoms with van der Waals surface area (Å²) in [6.45, 7) is 3.28. The second-order valence-corrected chi connectivity index (χ2v) is 14.0. The molecule has 4 aromatic rings. The molecule has 0 bridgehead atoms. The van der Waals surface area contributed by atoms with Crippen LogP contribution in [0, 0.1) is 6.92 Å². The first-order valence-corrected chi connectivity index (χ1v) is 17.5. The maximum Gasteiger partial charge on any atom is 0.264 e.